The van der Waals surface area contributed by atoms with Gasteiger partial charge in [0.1, 0.15) is 0 Å². The molecule has 3 aromatic rings. The van der Waals surface area contributed by atoms with Gasteiger partial charge in [-0.2, -0.15) is 0 Å². The molecular formula is C22H22N2O3S2. The first-order valence-electron chi connectivity index (χ1n) is 8.93. The third-order valence-corrected chi connectivity index (χ3v) is 7.05. The highest BCUT2D eigenvalue weighted by atomic mass is 32.2. The molecule has 0 unspecified atom stereocenters. The van der Waals surface area contributed by atoms with Crippen molar-refractivity contribution in [3.05, 3.63) is 83.9 Å². The van der Waals surface area contributed by atoms with Crippen LogP contribution in [0.15, 0.2) is 82.6 Å². The standard InChI is InChI=1S/C22H22N2O3S2/c1-16-12-13-17(22(25)23-18-8-7-9-19(15-18)28-3)14-21(16)24(2)29(26,27)20-10-5-4-6-11-20/h4-15H,1-3H3,(H,23,25). The Bertz CT molecular complexity index is 1130. The van der Waals surface area contributed by atoms with Gasteiger partial charge in [-0.05, 0) is 61.2 Å². The lowest BCUT2D eigenvalue weighted by Crippen LogP contribution is -2.27. The average molecular weight is 427 g/mol. The molecule has 0 aromatic heterocycles. The summed E-state index contributed by atoms with van der Waals surface area (Å²) >= 11 is 1.59. The number of amides is 1. The molecular weight excluding hydrogens is 404 g/mol. The van der Waals surface area contributed by atoms with Crippen molar-refractivity contribution >= 4 is 39.1 Å². The Morgan fingerprint density at radius 3 is 2.38 bits per heavy atom. The molecule has 0 saturated heterocycles. The largest absolute Gasteiger partial charge is 0.322 e. The van der Waals surface area contributed by atoms with Crippen molar-refractivity contribution < 1.29 is 13.2 Å². The van der Waals surface area contributed by atoms with Crippen molar-refractivity contribution in [2.75, 3.05) is 22.9 Å². The average Bonchev–Trinajstić information content (AvgIpc) is 2.74. The fourth-order valence-corrected chi connectivity index (χ4v) is 4.61. The highest BCUT2D eigenvalue weighted by Crippen LogP contribution is 2.27. The van der Waals surface area contributed by atoms with E-state index in [1.54, 1.807) is 60.3 Å². The van der Waals surface area contributed by atoms with Gasteiger partial charge < -0.3 is 5.32 Å². The van der Waals surface area contributed by atoms with E-state index < -0.39 is 10.0 Å². The highest BCUT2D eigenvalue weighted by molar-refractivity contribution is 7.98. The summed E-state index contributed by atoms with van der Waals surface area (Å²) in [5.74, 6) is -0.296. The molecule has 1 amide bonds. The second-order valence-corrected chi connectivity index (χ2v) is 9.32. The molecule has 29 heavy (non-hydrogen) atoms. The molecule has 7 heteroatoms. The lowest BCUT2D eigenvalue weighted by Gasteiger charge is -2.22. The number of aryl methyl sites for hydroxylation is 1. The molecule has 0 aliphatic carbocycles. The van der Waals surface area contributed by atoms with Crippen LogP contribution in [0.2, 0.25) is 0 Å². The Kier molecular flexibility index (Phi) is 6.30. The monoisotopic (exact) mass is 426 g/mol. The van der Waals surface area contributed by atoms with Crippen LogP contribution in [-0.4, -0.2) is 27.6 Å². The Labute approximate surface area is 175 Å². The van der Waals surface area contributed by atoms with Crippen molar-refractivity contribution in [1.82, 2.24) is 0 Å². The third kappa shape index (κ3) is 4.63. The van der Waals surface area contributed by atoms with Crippen LogP contribution in [0.3, 0.4) is 0 Å². The highest BCUT2D eigenvalue weighted by Gasteiger charge is 2.23. The number of thioether (sulfide) groups is 1. The Morgan fingerprint density at radius 2 is 1.69 bits per heavy atom. The summed E-state index contributed by atoms with van der Waals surface area (Å²) in [5, 5.41) is 2.87. The molecule has 0 fully saturated rings. The van der Waals surface area contributed by atoms with E-state index in [9.17, 15) is 13.2 Å². The maximum absolute atomic E-state index is 13.0. The van der Waals surface area contributed by atoms with E-state index in [4.69, 9.17) is 0 Å². The molecule has 0 spiro atoms. The zero-order chi connectivity index (χ0) is 21.0. The van der Waals surface area contributed by atoms with E-state index in [-0.39, 0.29) is 10.8 Å². The summed E-state index contributed by atoms with van der Waals surface area (Å²) in [6, 6.07) is 20.8. The van der Waals surface area contributed by atoms with Crippen LogP contribution in [0.4, 0.5) is 11.4 Å². The predicted molar refractivity (Wildman–Crippen MR) is 119 cm³/mol. The van der Waals surface area contributed by atoms with Crippen LogP contribution in [0.25, 0.3) is 0 Å². The normalized spacial score (nSPS) is 11.1. The molecule has 0 heterocycles. The smallest absolute Gasteiger partial charge is 0.264 e. The fraction of sp³-hybridized carbons (Fsp3) is 0.136. The fourth-order valence-electron chi connectivity index (χ4n) is 2.87. The van der Waals surface area contributed by atoms with E-state index in [2.05, 4.69) is 5.32 Å². The number of carbonyl (C=O) groups is 1. The van der Waals surface area contributed by atoms with E-state index in [0.717, 1.165) is 10.5 Å². The first kappa shape index (κ1) is 21.0. The van der Waals surface area contributed by atoms with E-state index in [1.807, 2.05) is 37.4 Å². The van der Waals surface area contributed by atoms with Crippen molar-refractivity contribution in [1.29, 1.82) is 0 Å². The molecule has 0 atom stereocenters. The molecule has 3 rings (SSSR count). The molecule has 5 nitrogen and oxygen atoms in total. The quantitative estimate of drug-likeness (QED) is 0.575. The molecule has 0 radical (unpaired) electrons. The zero-order valence-electron chi connectivity index (χ0n) is 16.4. The minimum Gasteiger partial charge on any atom is -0.322 e. The van der Waals surface area contributed by atoms with Gasteiger partial charge in [-0.15, -0.1) is 11.8 Å². The first-order valence-corrected chi connectivity index (χ1v) is 11.6. The molecule has 0 bridgehead atoms. The summed E-state index contributed by atoms with van der Waals surface area (Å²) in [6.45, 7) is 1.82. The van der Waals surface area contributed by atoms with Crippen LogP contribution >= 0.6 is 11.8 Å². The molecule has 1 N–H and O–H groups in total. The van der Waals surface area contributed by atoms with E-state index in [0.29, 0.717) is 16.9 Å². The number of nitrogens with one attached hydrogen (secondary N) is 1. The number of benzene rings is 3. The summed E-state index contributed by atoms with van der Waals surface area (Å²) < 4.78 is 27.1. The number of carbonyl (C=O) groups excluding carboxylic acids is 1. The molecule has 3 aromatic carbocycles. The Balaban J connectivity index is 1.90. The molecule has 0 aliphatic rings. The number of nitrogens with zero attached hydrogens (tertiary/aromatic N) is 1. The summed E-state index contributed by atoms with van der Waals surface area (Å²) in [6.07, 6.45) is 1.97. The number of anilines is 2. The Morgan fingerprint density at radius 1 is 0.966 bits per heavy atom. The van der Waals surface area contributed by atoms with Crippen LogP contribution in [0, 0.1) is 6.92 Å². The number of hydrogen-bond donors (Lipinski definition) is 1. The van der Waals surface area contributed by atoms with Crippen molar-refractivity contribution in [2.45, 2.75) is 16.7 Å². The van der Waals surface area contributed by atoms with Crippen molar-refractivity contribution in [2.24, 2.45) is 0 Å². The van der Waals surface area contributed by atoms with Crippen molar-refractivity contribution in [3.8, 4) is 0 Å². The number of hydrogen-bond acceptors (Lipinski definition) is 4. The molecule has 0 saturated carbocycles. The van der Waals surface area contributed by atoms with Crippen LogP contribution in [0.1, 0.15) is 15.9 Å². The third-order valence-electron chi connectivity index (χ3n) is 4.54. The van der Waals surface area contributed by atoms with Crippen LogP contribution in [-0.2, 0) is 10.0 Å². The lowest BCUT2D eigenvalue weighted by atomic mass is 10.1. The van der Waals surface area contributed by atoms with Crippen LogP contribution in [0.5, 0.6) is 0 Å². The van der Waals surface area contributed by atoms with Gasteiger partial charge in [-0.3, -0.25) is 9.10 Å². The van der Waals surface area contributed by atoms with Gasteiger partial charge in [0.25, 0.3) is 15.9 Å². The van der Waals surface area contributed by atoms with Gasteiger partial charge in [0, 0.05) is 23.2 Å². The Hall–Kier alpha value is -2.77. The summed E-state index contributed by atoms with van der Waals surface area (Å²) in [7, 11) is -2.23. The second kappa shape index (κ2) is 8.71. The van der Waals surface area contributed by atoms with Gasteiger partial charge in [0.15, 0.2) is 0 Å². The predicted octanol–water partition coefficient (Wildman–Crippen LogP) is 4.79. The topological polar surface area (TPSA) is 66.5 Å². The minimum atomic E-state index is -3.73. The summed E-state index contributed by atoms with van der Waals surface area (Å²) in [4.78, 5) is 14.0. The van der Waals surface area contributed by atoms with Gasteiger partial charge in [-0.25, -0.2) is 8.42 Å². The van der Waals surface area contributed by atoms with E-state index >= 15 is 0 Å². The number of rotatable bonds is 6. The molecule has 0 aliphatic heterocycles. The van der Waals surface area contributed by atoms with Gasteiger partial charge in [-0.1, -0.05) is 30.3 Å². The van der Waals surface area contributed by atoms with Crippen LogP contribution < -0.4 is 9.62 Å². The maximum atomic E-state index is 13.0. The lowest BCUT2D eigenvalue weighted by molar-refractivity contribution is 0.102. The first-order chi connectivity index (χ1) is 13.8. The zero-order valence-corrected chi connectivity index (χ0v) is 18.0. The van der Waals surface area contributed by atoms with E-state index in [1.165, 1.54) is 11.4 Å². The molecule has 150 valence electrons. The number of sulfonamides is 1. The van der Waals surface area contributed by atoms with Gasteiger partial charge in [0.05, 0.1) is 10.6 Å². The summed E-state index contributed by atoms with van der Waals surface area (Å²) in [5.41, 5.74) is 2.29. The second-order valence-electron chi connectivity index (χ2n) is 6.47. The van der Waals surface area contributed by atoms with Gasteiger partial charge >= 0.3 is 0 Å². The SMILES string of the molecule is CSc1cccc(NC(=O)c2ccc(C)c(N(C)S(=O)(=O)c3ccccc3)c2)c1. The van der Waals surface area contributed by atoms with Gasteiger partial charge in [0.2, 0.25) is 0 Å². The minimum absolute atomic E-state index is 0.200. The van der Waals surface area contributed by atoms with Crippen molar-refractivity contribution in [3.63, 3.8) is 0 Å². The maximum Gasteiger partial charge on any atom is 0.264 e.